The molecule has 6 heteroatoms. The molecule has 0 saturated carbocycles. The van der Waals surface area contributed by atoms with Gasteiger partial charge in [0.25, 0.3) is 0 Å². The second-order valence-electron chi connectivity index (χ2n) is 7.95. The lowest BCUT2D eigenvalue weighted by Crippen LogP contribution is -2.35. The van der Waals surface area contributed by atoms with Gasteiger partial charge in [0.2, 0.25) is 0 Å². The van der Waals surface area contributed by atoms with Crippen molar-refractivity contribution in [2.24, 2.45) is 0 Å². The van der Waals surface area contributed by atoms with Gasteiger partial charge in [-0.1, -0.05) is 12.1 Å². The minimum absolute atomic E-state index is 0.222. The predicted molar refractivity (Wildman–Crippen MR) is 104 cm³/mol. The maximum atomic E-state index is 12.3. The quantitative estimate of drug-likeness (QED) is 0.686. The molecule has 3 aromatic rings. The number of nitrogens with zero attached hydrogens (tertiary/aromatic N) is 4. The average molecular weight is 364 g/mol. The molecular weight excluding hydrogens is 340 g/mol. The molecule has 0 spiro atoms. The lowest BCUT2D eigenvalue weighted by molar-refractivity contribution is 0.0292. The first-order valence-corrected chi connectivity index (χ1v) is 9.28. The number of carbonyl (C=O) groups is 1. The van der Waals surface area contributed by atoms with Crippen LogP contribution in [-0.4, -0.2) is 44.3 Å². The van der Waals surface area contributed by atoms with E-state index in [1.807, 2.05) is 74.1 Å². The zero-order valence-electron chi connectivity index (χ0n) is 15.9. The van der Waals surface area contributed by atoms with Crippen LogP contribution in [0.3, 0.4) is 0 Å². The summed E-state index contributed by atoms with van der Waals surface area (Å²) in [7, 11) is 0. The van der Waals surface area contributed by atoms with E-state index < -0.39 is 5.60 Å². The number of likely N-dealkylation sites (tertiary alicyclic amines) is 1. The molecule has 4 rings (SSSR count). The van der Waals surface area contributed by atoms with Gasteiger partial charge >= 0.3 is 6.09 Å². The van der Waals surface area contributed by atoms with Crippen LogP contribution in [0.5, 0.6) is 0 Å². The molecule has 3 aromatic heterocycles. The Morgan fingerprint density at radius 2 is 2.04 bits per heavy atom. The van der Waals surface area contributed by atoms with Crippen LogP contribution in [0.4, 0.5) is 4.79 Å². The molecule has 1 unspecified atom stereocenters. The number of aromatic nitrogens is 3. The molecule has 0 N–H and O–H groups in total. The van der Waals surface area contributed by atoms with E-state index in [4.69, 9.17) is 9.72 Å². The summed E-state index contributed by atoms with van der Waals surface area (Å²) in [5.74, 6) is 0.222. The van der Waals surface area contributed by atoms with E-state index in [-0.39, 0.29) is 12.0 Å². The largest absolute Gasteiger partial charge is 0.444 e. The predicted octanol–water partition coefficient (Wildman–Crippen LogP) is 4.12. The summed E-state index contributed by atoms with van der Waals surface area (Å²) >= 11 is 0. The number of hydrogen-bond acceptors (Lipinski definition) is 4. The van der Waals surface area contributed by atoms with Gasteiger partial charge in [0.15, 0.2) is 0 Å². The number of rotatable bonds is 2. The van der Waals surface area contributed by atoms with Gasteiger partial charge < -0.3 is 9.64 Å². The van der Waals surface area contributed by atoms with Crippen LogP contribution in [0.25, 0.3) is 16.8 Å². The smallest absolute Gasteiger partial charge is 0.410 e. The van der Waals surface area contributed by atoms with Gasteiger partial charge in [0.1, 0.15) is 5.60 Å². The van der Waals surface area contributed by atoms with Gasteiger partial charge in [0.05, 0.1) is 17.4 Å². The zero-order chi connectivity index (χ0) is 19.0. The van der Waals surface area contributed by atoms with Gasteiger partial charge in [-0.3, -0.25) is 4.98 Å². The van der Waals surface area contributed by atoms with E-state index >= 15 is 0 Å². The van der Waals surface area contributed by atoms with Crippen molar-refractivity contribution in [1.29, 1.82) is 0 Å². The number of carbonyl (C=O) groups excluding carboxylic acids is 1. The molecule has 1 saturated heterocycles. The first-order chi connectivity index (χ1) is 12.9. The van der Waals surface area contributed by atoms with Crippen LogP contribution in [0.1, 0.15) is 38.8 Å². The van der Waals surface area contributed by atoms with E-state index in [1.165, 1.54) is 0 Å². The molecule has 6 nitrogen and oxygen atoms in total. The highest BCUT2D eigenvalue weighted by atomic mass is 16.6. The highest BCUT2D eigenvalue weighted by Crippen LogP contribution is 2.30. The maximum absolute atomic E-state index is 12.3. The number of fused-ring (bicyclic) bond motifs is 1. The third kappa shape index (κ3) is 3.65. The Morgan fingerprint density at radius 1 is 1.19 bits per heavy atom. The molecule has 1 aliphatic heterocycles. The van der Waals surface area contributed by atoms with Gasteiger partial charge in [-0.25, -0.2) is 9.31 Å². The minimum Gasteiger partial charge on any atom is -0.444 e. The monoisotopic (exact) mass is 364 g/mol. The number of amides is 1. The van der Waals surface area contributed by atoms with E-state index in [0.29, 0.717) is 13.1 Å². The Hall–Kier alpha value is -2.89. The second-order valence-corrected chi connectivity index (χ2v) is 7.95. The lowest BCUT2D eigenvalue weighted by Gasteiger charge is -2.24. The molecule has 4 heterocycles. The Balaban J connectivity index is 1.54. The van der Waals surface area contributed by atoms with Gasteiger partial charge in [0, 0.05) is 36.5 Å². The van der Waals surface area contributed by atoms with Crippen molar-refractivity contribution in [2.45, 2.75) is 38.7 Å². The van der Waals surface area contributed by atoms with Crippen molar-refractivity contribution in [3.63, 3.8) is 0 Å². The Kier molecular flexibility index (Phi) is 4.34. The standard InChI is InChI=1S/C21H24N4O2/c1-21(2,3)27-20(26)24-12-10-15(14-24)17-7-6-8-18(23-17)16-13-22-25-11-5-4-9-19(16)25/h4-9,11,13,15H,10,12,14H2,1-3H3. The summed E-state index contributed by atoms with van der Waals surface area (Å²) in [5, 5.41) is 4.40. The summed E-state index contributed by atoms with van der Waals surface area (Å²) in [6, 6.07) is 12.1. The molecule has 0 aromatic carbocycles. The van der Waals surface area contributed by atoms with Crippen LogP contribution in [0.2, 0.25) is 0 Å². The third-order valence-corrected chi connectivity index (χ3v) is 4.73. The summed E-state index contributed by atoms with van der Waals surface area (Å²) in [6.07, 6.45) is 4.43. The SMILES string of the molecule is CC(C)(C)OC(=O)N1CCC(c2cccc(-c3cnn4ccccc34)n2)C1. The maximum Gasteiger partial charge on any atom is 0.410 e. The zero-order valence-corrected chi connectivity index (χ0v) is 15.9. The fraction of sp³-hybridized carbons (Fsp3) is 0.381. The Morgan fingerprint density at radius 3 is 2.85 bits per heavy atom. The fourth-order valence-corrected chi connectivity index (χ4v) is 3.45. The number of pyridine rings is 2. The molecule has 0 bridgehead atoms. The average Bonchev–Trinajstić information content (AvgIpc) is 3.28. The Labute approximate surface area is 158 Å². The number of hydrogen-bond donors (Lipinski definition) is 0. The second kappa shape index (κ2) is 6.68. The Bertz CT molecular complexity index is 973. The molecule has 0 radical (unpaired) electrons. The summed E-state index contributed by atoms with van der Waals surface area (Å²) in [4.78, 5) is 19.0. The topological polar surface area (TPSA) is 59.7 Å². The summed E-state index contributed by atoms with van der Waals surface area (Å²) in [6.45, 7) is 7.00. The molecular formula is C21H24N4O2. The van der Waals surface area contributed by atoms with Crippen LogP contribution in [0, 0.1) is 0 Å². The third-order valence-electron chi connectivity index (χ3n) is 4.73. The lowest BCUT2D eigenvalue weighted by atomic mass is 10.0. The van der Waals surface area contributed by atoms with Gasteiger partial charge in [-0.15, -0.1) is 0 Å². The minimum atomic E-state index is -0.475. The normalized spacial score (nSPS) is 17.4. The first kappa shape index (κ1) is 17.5. The molecule has 140 valence electrons. The van der Waals surface area contributed by atoms with Crippen molar-refractivity contribution in [2.75, 3.05) is 13.1 Å². The molecule has 0 aliphatic carbocycles. The van der Waals surface area contributed by atoms with Crippen molar-refractivity contribution in [3.05, 3.63) is 54.5 Å². The van der Waals surface area contributed by atoms with Crippen molar-refractivity contribution in [1.82, 2.24) is 19.5 Å². The molecule has 1 atom stereocenters. The van der Waals surface area contributed by atoms with Crippen molar-refractivity contribution < 1.29 is 9.53 Å². The van der Waals surface area contributed by atoms with E-state index in [2.05, 4.69) is 5.10 Å². The van der Waals surface area contributed by atoms with E-state index in [9.17, 15) is 4.79 Å². The summed E-state index contributed by atoms with van der Waals surface area (Å²) in [5.41, 5.74) is 3.48. The molecule has 1 fully saturated rings. The van der Waals surface area contributed by atoms with Crippen molar-refractivity contribution in [3.8, 4) is 11.3 Å². The molecule has 1 amide bonds. The number of ether oxygens (including phenoxy) is 1. The highest BCUT2D eigenvalue weighted by Gasteiger charge is 2.31. The van der Waals surface area contributed by atoms with E-state index in [0.717, 1.165) is 28.9 Å². The van der Waals surface area contributed by atoms with Crippen LogP contribution >= 0.6 is 0 Å². The van der Waals surface area contributed by atoms with Crippen LogP contribution in [-0.2, 0) is 4.74 Å². The van der Waals surface area contributed by atoms with Crippen LogP contribution in [0.15, 0.2) is 48.8 Å². The van der Waals surface area contributed by atoms with Gasteiger partial charge in [-0.2, -0.15) is 5.10 Å². The van der Waals surface area contributed by atoms with Crippen molar-refractivity contribution >= 4 is 11.6 Å². The summed E-state index contributed by atoms with van der Waals surface area (Å²) < 4.78 is 7.34. The fourth-order valence-electron chi connectivity index (χ4n) is 3.45. The molecule has 27 heavy (non-hydrogen) atoms. The van der Waals surface area contributed by atoms with Gasteiger partial charge in [-0.05, 0) is 51.5 Å². The molecule has 1 aliphatic rings. The first-order valence-electron chi connectivity index (χ1n) is 9.28. The van der Waals surface area contributed by atoms with Crippen LogP contribution < -0.4 is 0 Å². The van der Waals surface area contributed by atoms with E-state index in [1.54, 1.807) is 4.90 Å². The highest BCUT2D eigenvalue weighted by molar-refractivity contribution is 5.77.